The standard InChI is InChI=1S/C14H17N3O/c1-16-6-4-10-8-11(2-3-13(10)16)14(18)17-7-5-12(15)9-17/h2-4,6,8,12H,5,7,9,15H2,1H3. The van der Waals surface area contributed by atoms with E-state index in [0.717, 1.165) is 29.4 Å². The molecule has 0 bridgehead atoms. The van der Waals surface area contributed by atoms with Crippen LogP contribution in [0.1, 0.15) is 16.8 Å². The predicted molar refractivity (Wildman–Crippen MR) is 71.4 cm³/mol. The smallest absolute Gasteiger partial charge is 0.253 e. The van der Waals surface area contributed by atoms with Crippen molar-refractivity contribution in [1.29, 1.82) is 0 Å². The largest absolute Gasteiger partial charge is 0.351 e. The van der Waals surface area contributed by atoms with E-state index in [2.05, 4.69) is 4.57 Å². The van der Waals surface area contributed by atoms with Gasteiger partial charge in [-0.15, -0.1) is 0 Å². The van der Waals surface area contributed by atoms with Gasteiger partial charge in [-0.3, -0.25) is 4.79 Å². The van der Waals surface area contributed by atoms with E-state index in [0.29, 0.717) is 6.54 Å². The van der Waals surface area contributed by atoms with E-state index < -0.39 is 0 Å². The molecule has 1 unspecified atom stereocenters. The predicted octanol–water partition coefficient (Wildman–Crippen LogP) is 1.35. The van der Waals surface area contributed by atoms with E-state index >= 15 is 0 Å². The van der Waals surface area contributed by atoms with Gasteiger partial charge in [-0.1, -0.05) is 0 Å². The second kappa shape index (κ2) is 4.14. The van der Waals surface area contributed by atoms with Gasteiger partial charge < -0.3 is 15.2 Å². The quantitative estimate of drug-likeness (QED) is 0.822. The number of fused-ring (bicyclic) bond motifs is 1. The molecule has 3 rings (SSSR count). The van der Waals surface area contributed by atoms with Crippen molar-refractivity contribution in [3.05, 3.63) is 36.0 Å². The molecule has 1 saturated heterocycles. The second-order valence-corrected chi connectivity index (χ2v) is 5.00. The zero-order valence-electron chi connectivity index (χ0n) is 10.5. The number of aryl methyl sites for hydroxylation is 1. The fraction of sp³-hybridized carbons (Fsp3) is 0.357. The van der Waals surface area contributed by atoms with Crippen molar-refractivity contribution in [3.8, 4) is 0 Å². The molecule has 0 spiro atoms. The number of benzene rings is 1. The van der Waals surface area contributed by atoms with E-state index in [1.54, 1.807) is 0 Å². The molecule has 4 nitrogen and oxygen atoms in total. The number of hydrogen-bond donors (Lipinski definition) is 1. The third-order valence-corrected chi connectivity index (χ3v) is 3.64. The van der Waals surface area contributed by atoms with Gasteiger partial charge in [-0.2, -0.15) is 0 Å². The van der Waals surface area contributed by atoms with Crippen molar-refractivity contribution < 1.29 is 4.79 Å². The molecule has 1 aliphatic heterocycles. The van der Waals surface area contributed by atoms with Gasteiger partial charge in [0.25, 0.3) is 5.91 Å². The Kier molecular flexibility index (Phi) is 2.59. The molecule has 2 heterocycles. The highest BCUT2D eigenvalue weighted by atomic mass is 16.2. The minimum atomic E-state index is 0.0914. The first-order valence-corrected chi connectivity index (χ1v) is 6.25. The Morgan fingerprint density at radius 1 is 1.39 bits per heavy atom. The molecule has 0 aliphatic carbocycles. The van der Waals surface area contributed by atoms with Crippen LogP contribution in [0.5, 0.6) is 0 Å². The third kappa shape index (κ3) is 1.78. The van der Waals surface area contributed by atoms with Crippen LogP contribution in [0, 0.1) is 0 Å². The van der Waals surface area contributed by atoms with Gasteiger partial charge in [0.1, 0.15) is 0 Å². The molecule has 0 radical (unpaired) electrons. The summed E-state index contributed by atoms with van der Waals surface area (Å²) in [6.45, 7) is 1.44. The van der Waals surface area contributed by atoms with E-state index in [-0.39, 0.29) is 11.9 Å². The summed E-state index contributed by atoms with van der Waals surface area (Å²) in [5.74, 6) is 0.0914. The molecule has 4 heteroatoms. The summed E-state index contributed by atoms with van der Waals surface area (Å²) in [7, 11) is 2.00. The van der Waals surface area contributed by atoms with Gasteiger partial charge in [0.2, 0.25) is 0 Å². The molecule has 1 aromatic heterocycles. The molecule has 0 saturated carbocycles. The summed E-state index contributed by atoms with van der Waals surface area (Å²) in [4.78, 5) is 14.1. The van der Waals surface area contributed by atoms with Gasteiger partial charge in [0, 0.05) is 48.8 Å². The van der Waals surface area contributed by atoms with E-state index in [1.807, 2.05) is 42.4 Å². The van der Waals surface area contributed by atoms with Crippen LogP contribution in [0.4, 0.5) is 0 Å². The lowest BCUT2D eigenvalue weighted by Crippen LogP contribution is -2.31. The SMILES string of the molecule is Cn1ccc2cc(C(=O)N3CCC(N)C3)ccc21. The number of amides is 1. The maximum absolute atomic E-state index is 12.3. The Balaban J connectivity index is 1.92. The van der Waals surface area contributed by atoms with Crippen molar-refractivity contribution in [2.24, 2.45) is 12.8 Å². The maximum Gasteiger partial charge on any atom is 0.253 e. The van der Waals surface area contributed by atoms with E-state index in [1.165, 1.54) is 0 Å². The van der Waals surface area contributed by atoms with Crippen LogP contribution in [0.15, 0.2) is 30.5 Å². The lowest BCUT2D eigenvalue weighted by molar-refractivity contribution is 0.0791. The van der Waals surface area contributed by atoms with Crippen LogP contribution < -0.4 is 5.73 Å². The minimum absolute atomic E-state index is 0.0914. The lowest BCUT2D eigenvalue weighted by Gasteiger charge is -2.15. The fourth-order valence-corrected chi connectivity index (χ4v) is 2.57. The summed E-state index contributed by atoms with van der Waals surface area (Å²) in [5.41, 5.74) is 7.73. The number of hydrogen-bond acceptors (Lipinski definition) is 2. The fourth-order valence-electron chi connectivity index (χ4n) is 2.57. The van der Waals surface area contributed by atoms with Crippen molar-refractivity contribution in [2.45, 2.75) is 12.5 Å². The van der Waals surface area contributed by atoms with Crippen LogP contribution in [0.3, 0.4) is 0 Å². The van der Waals surface area contributed by atoms with Crippen molar-refractivity contribution in [3.63, 3.8) is 0 Å². The molecule has 1 amide bonds. The summed E-state index contributed by atoms with van der Waals surface area (Å²) < 4.78 is 2.05. The highest BCUT2D eigenvalue weighted by Gasteiger charge is 2.24. The van der Waals surface area contributed by atoms with Crippen LogP contribution in [0.2, 0.25) is 0 Å². The van der Waals surface area contributed by atoms with Crippen molar-refractivity contribution in [2.75, 3.05) is 13.1 Å². The van der Waals surface area contributed by atoms with E-state index in [4.69, 9.17) is 5.73 Å². The van der Waals surface area contributed by atoms with Gasteiger partial charge in [-0.05, 0) is 30.7 Å². The highest BCUT2D eigenvalue weighted by Crippen LogP contribution is 2.19. The Hall–Kier alpha value is -1.81. The topological polar surface area (TPSA) is 51.3 Å². The normalized spacial score (nSPS) is 19.7. The monoisotopic (exact) mass is 243 g/mol. The molecular weight excluding hydrogens is 226 g/mol. The number of carbonyl (C=O) groups is 1. The molecule has 2 aromatic rings. The molecular formula is C14H17N3O. The number of nitrogens with two attached hydrogens (primary N) is 1. The molecule has 94 valence electrons. The average molecular weight is 243 g/mol. The van der Waals surface area contributed by atoms with E-state index in [9.17, 15) is 4.79 Å². The minimum Gasteiger partial charge on any atom is -0.351 e. The summed E-state index contributed by atoms with van der Waals surface area (Å²) in [6, 6.07) is 8.02. The molecule has 18 heavy (non-hydrogen) atoms. The first kappa shape index (κ1) is 11.3. The summed E-state index contributed by atoms with van der Waals surface area (Å²) >= 11 is 0. The Labute approximate surface area is 106 Å². The number of likely N-dealkylation sites (tertiary alicyclic amines) is 1. The first-order chi connectivity index (χ1) is 8.65. The van der Waals surface area contributed by atoms with Crippen molar-refractivity contribution >= 4 is 16.8 Å². The number of rotatable bonds is 1. The maximum atomic E-state index is 12.3. The molecule has 1 aromatic carbocycles. The van der Waals surface area contributed by atoms with Crippen molar-refractivity contribution in [1.82, 2.24) is 9.47 Å². The van der Waals surface area contributed by atoms with Gasteiger partial charge in [-0.25, -0.2) is 0 Å². The van der Waals surface area contributed by atoms with Crippen LogP contribution in [-0.4, -0.2) is 34.5 Å². The lowest BCUT2D eigenvalue weighted by atomic mass is 10.1. The molecule has 1 atom stereocenters. The Morgan fingerprint density at radius 2 is 2.22 bits per heavy atom. The van der Waals surface area contributed by atoms with Gasteiger partial charge >= 0.3 is 0 Å². The van der Waals surface area contributed by atoms with Crippen LogP contribution in [-0.2, 0) is 7.05 Å². The highest BCUT2D eigenvalue weighted by molar-refractivity contribution is 5.98. The number of aromatic nitrogens is 1. The Bertz CT molecular complexity index is 602. The number of nitrogens with zero attached hydrogens (tertiary/aromatic N) is 2. The average Bonchev–Trinajstić information content (AvgIpc) is 2.95. The molecule has 1 aliphatic rings. The van der Waals surface area contributed by atoms with Gasteiger partial charge in [0.15, 0.2) is 0 Å². The summed E-state index contributed by atoms with van der Waals surface area (Å²) in [5, 5.41) is 1.10. The molecule has 2 N–H and O–H groups in total. The van der Waals surface area contributed by atoms with Gasteiger partial charge in [0.05, 0.1) is 0 Å². The zero-order chi connectivity index (χ0) is 12.7. The van der Waals surface area contributed by atoms with Crippen LogP contribution >= 0.6 is 0 Å². The first-order valence-electron chi connectivity index (χ1n) is 6.25. The summed E-state index contributed by atoms with van der Waals surface area (Å²) in [6.07, 6.45) is 2.91. The zero-order valence-corrected chi connectivity index (χ0v) is 10.5. The second-order valence-electron chi connectivity index (χ2n) is 5.00. The Morgan fingerprint density at radius 3 is 2.94 bits per heavy atom. The third-order valence-electron chi connectivity index (χ3n) is 3.64. The van der Waals surface area contributed by atoms with Crippen LogP contribution in [0.25, 0.3) is 10.9 Å². The number of carbonyl (C=O) groups excluding carboxylic acids is 1. The molecule has 1 fully saturated rings.